The van der Waals surface area contributed by atoms with Crippen LogP contribution in [0, 0.1) is 22.7 Å². The lowest BCUT2D eigenvalue weighted by Crippen LogP contribution is -2.49. The monoisotopic (exact) mass is 454 g/mol. The molecule has 1 fully saturated rings. The van der Waals surface area contributed by atoms with E-state index in [1.165, 1.54) is 13.1 Å². The van der Waals surface area contributed by atoms with Gasteiger partial charge < -0.3 is 10.2 Å². The predicted octanol–water partition coefficient (Wildman–Crippen LogP) is 2.10. The van der Waals surface area contributed by atoms with E-state index in [4.69, 9.17) is 0 Å². The van der Waals surface area contributed by atoms with Gasteiger partial charge in [-0.2, -0.15) is 10.5 Å². The van der Waals surface area contributed by atoms with Gasteiger partial charge in [-0.05, 0) is 36.1 Å². The van der Waals surface area contributed by atoms with Gasteiger partial charge in [0.25, 0.3) is 5.56 Å². The first-order chi connectivity index (χ1) is 16.5. The maximum Gasteiger partial charge on any atom is 0.332 e. The number of rotatable bonds is 6. The van der Waals surface area contributed by atoms with Crippen molar-refractivity contribution >= 4 is 5.82 Å². The molecule has 0 aliphatic carbocycles. The van der Waals surface area contributed by atoms with Crippen LogP contribution in [0.15, 0.2) is 64.2 Å². The van der Waals surface area contributed by atoms with E-state index in [2.05, 4.69) is 22.4 Å². The molecule has 1 saturated heterocycles. The summed E-state index contributed by atoms with van der Waals surface area (Å²) >= 11 is 0. The van der Waals surface area contributed by atoms with E-state index >= 15 is 0 Å². The first kappa shape index (κ1) is 23.0. The second-order valence-electron chi connectivity index (χ2n) is 8.47. The van der Waals surface area contributed by atoms with Crippen molar-refractivity contribution in [3.8, 4) is 12.1 Å². The zero-order valence-corrected chi connectivity index (χ0v) is 19.1. The number of nitriles is 2. The number of nitrogens with zero attached hydrogens (tertiary/aromatic N) is 5. The molecule has 1 aliphatic rings. The zero-order valence-electron chi connectivity index (χ0n) is 19.1. The Kier molecular flexibility index (Phi) is 6.91. The molecule has 1 aromatic heterocycles. The summed E-state index contributed by atoms with van der Waals surface area (Å²) in [5.41, 5.74) is 2.06. The van der Waals surface area contributed by atoms with Gasteiger partial charge in [-0.15, -0.1) is 0 Å². The third-order valence-electron chi connectivity index (χ3n) is 6.31. The third kappa shape index (κ3) is 4.78. The Morgan fingerprint density at radius 3 is 2.35 bits per heavy atom. The summed E-state index contributed by atoms with van der Waals surface area (Å²) < 4.78 is 2.67. The van der Waals surface area contributed by atoms with Crippen LogP contribution in [0.2, 0.25) is 0 Å². The highest BCUT2D eigenvalue weighted by atomic mass is 16.2. The summed E-state index contributed by atoms with van der Waals surface area (Å²) in [5, 5.41) is 22.3. The maximum atomic E-state index is 13.1. The van der Waals surface area contributed by atoms with Gasteiger partial charge in [0.2, 0.25) is 0 Å². The van der Waals surface area contributed by atoms with Gasteiger partial charge in [-0.25, -0.2) is 4.79 Å². The molecule has 3 aromatic rings. The number of benzene rings is 2. The average molecular weight is 455 g/mol. The van der Waals surface area contributed by atoms with Crippen LogP contribution in [0.5, 0.6) is 0 Å². The van der Waals surface area contributed by atoms with Crippen LogP contribution >= 0.6 is 0 Å². The number of aromatic nitrogens is 2. The van der Waals surface area contributed by atoms with E-state index in [0.717, 1.165) is 35.1 Å². The molecule has 34 heavy (non-hydrogen) atoms. The Hall–Kier alpha value is -4.14. The summed E-state index contributed by atoms with van der Waals surface area (Å²) in [5.74, 6) is 0.560. The van der Waals surface area contributed by atoms with Crippen LogP contribution in [-0.4, -0.2) is 28.3 Å². The van der Waals surface area contributed by atoms with E-state index in [-0.39, 0.29) is 18.1 Å². The Morgan fingerprint density at radius 1 is 1.00 bits per heavy atom. The Bertz CT molecular complexity index is 1390. The lowest BCUT2D eigenvalue weighted by Gasteiger charge is -2.36. The molecule has 4 rings (SSSR count). The Balaban J connectivity index is 1.61. The molecule has 0 bridgehead atoms. The highest BCUT2D eigenvalue weighted by Gasteiger charge is 2.24. The summed E-state index contributed by atoms with van der Waals surface area (Å²) in [6.45, 7) is 2.12. The van der Waals surface area contributed by atoms with Crippen molar-refractivity contribution in [3.63, 3.8) is 0 Å². The molecule has 0 radical (unpaired) electrons. The summed E-state index contributed by atoms with van der Waals surface area (Å²) in [4.78, 5) is 27.7. The van der Waals surface area contributed by atoms with E-state index in [1.807, 2.05) is 36.4 Å². The quantitative estimate of drug-likeness (QED) is 0.611. The first-order valence-corrected chi connectivity index (χ1v) is 11.3. The molecular weight excluding hydrogens is 428 g/mol. The lowest BCUT2D eigenvalue weighted by molar-refractivity contribution is 0.415. The van der Waals surface area contributed by atoms with E-state index < -0.39 is 5.69 Å². The number of piperidine rings is 1. The number of hydrogen-bond acceptors (Lipinski definition) is 6. The van der Waals surface area contributed by atoms with Crippen LogP contribution in [-0.2, 0) is 20.1 Å². The van der Waals surface area contributed by atoms with Crippen molar-refractivity contribution in [1.29, 1.82) is 10.5 Å². The molecular formula is C26H26N6O2. The molecule has 172 valence electrons. The van der Waals surface area contributed by atoms with E-state index in [1.54, 1.807) is 16.7 Å². The first-order valence-electron chi connectivity index (χ1n) is 11.3. The van der Waals surface area contributed by atoms with Gasteiger partial charge in [0.1, 0.15) is 5.82 Å². The van der Waals surface area contributed by atoms with E-state index in [0.29, 0.717) is 30.0 Å². The summed E-state index contributed by atoms with van der Waals surface area (Å²) in [6, 6.07) is 20.7. The molecule has 8 nitrogen and oxygen atoms in total. The fourth-order valence-electron chi connectivity index (χ4n) is 4.40. The number of anilines is 1. The second kappa shape index (κ2) is 10.2. The van der Waals surface area contributed by atoms with Crippen LogP contribution in [0.3, 0.4) is 0 Å². The molecule has 1 unspecified atom stereocenters. The van der Waals surface area contributed by atoms with Gasteiger partial charge in [-0.3, -0.25) is 13.9 Å². The van der Waals surface area contributed by atoms with Crippen LogP contribution < -0.4 is 21.5 Å². The normalized spacial score (nSPS) is 15.5. The summed E-state index contributed by atoms with van der Waals surface area (Å²) in [6.07, 6.45) is 1.85. The minimum absolute atomic E-state index is 0.138. The zero-order chi connectivity index (χ0) is 24.1. The Morgan fingerprint density at radius 2 is 1.65 bits per heavy atom. The number of nitrogens with one attached hydrogen (secondary N) is 1. The fourth-order valence-corrected chi connectivity index (χ4v) is 4.40. The Labute approximate surface area is 197 Å². The molecule has 0 spiro atoms. The van der Waals surface area contributed by atoms with Gasteiger partial charge in [0, 0.05) is 38.8 Å². The molecule has 0 amide bonds. The highest BCUT2D eigenvalue weighted by Crippen LogP contribution is 2.20. The molecule has 1 atom stereocenters. The van der Waals surface area contributed by atoms with Crippen molar-refractivity contribution in [2.24, 2.45) is 7.05 Å². The molecule has 2 aromatic carbocycles. The predicted molar refractivity (Wildman–Crippen MR) is 129 cm³/mol. The highest BCUT2D eigenvalue weighted by molar-refractivity contribution is 5.43. The van der Waals surface area contributed by atoms with Crippen LogP contribution in [0.1, 0.15) is 35.1 Å². The standard InChI is InChI=1S/C26H26N6O2/c1-30-25(33)13-24(32(26(30)34)17-22-10-5-3-8-20(22)15-28)31-12-6-11-23(18-31)29-16-21-9-4-2-7-19(21)14-27/h2-5,7-10,13,23,29H,6,11-12,16-18H2,1H3. The molecule has 1 aliphatic heterocycles. The summed E-state index contributed by atoms with van der Waals surface area (Å²) in [7, 11) is 1.47. The fraction of sp³-hybridized carbons (Fsp3) is 0.308. The topological polar surface area (TPSA) is 107 Å². The largest absolute Gasteiger partial charge is 0.356 e. The van der Waals surface area contributed by atoms with Crippen molar-refractivity contribution < 1.29 is 0 Å². The molecule has 0 saturated carbocycles. The van der Waals surface area contributed by atoms with Gasteiger partial charge >= 0.3 is 5.69 Å². The van der Waals surface area contributed by atoms with Crippen molar-refractivity contribution in [2.75, 3.05) is 18.0 Å². The number of hydrogen-bond donors (Lipinski definition) is 1. The SMILES string of the molecule is Cn1c(=O)cc(N2CCCC(NCc3ccccc3C#N)C2)n(Cc2ccccc2C#N)c1=O. The second-order valence-corrected chi connectivity index (χ2v) is 8.47. The van der Waals surface area contributed by atoms with Crippen molar-refractivity contribution in [2.45, 2.75) is 32.0 Å². The van der Waals surface area contributed by atoms with Crippen molar-refractivity contribution in [1.82, 2.24) is 14.5 Å². The van der Waals surface area contributed by atoms with Crippen LogP contribution in [0.25, 0.3) is 0 Å². The van der Waals surface area contributed by atoms with E-state index in [9.17, 15) is 20.1 Å². The minimum Gasteiger partial charge on any atom is -0.356 e. The molecule has 1 N–H and O–H groups in total. The third-order valence-corrected chi connectivity index (χ3v) is 6.31. The van der Waals surface area contributed by atoms with Crippen molar-refractivity contribution in [3.05, 3.63) is 97.7 Å². The lowest BCUT2D eigenvalue weighted by atomic mass is 10.0. The van der Waals surface area contributed by atoms with Gasteiger partial charge in [0.15, 0.2) is 0 Å². The maximum absolute atomic E-state index is 13.1. The van der Waals surface area contributed by atoms with Gasteiger partial charge in [-0.1, -0.05) is 36.4 Å². The minimum atomic E-state index is -0.409. The van der Waals surface area contributed by atoms with Gasteiger partial charge in [0.05, 0.1) is 29.8 Å². The average Bonchev–Trinajstić information content (AvgIpc) is 2.88. The molecule has 2 heterocycles. The van der Waals surface area contributed by atoms with Crippen LogP contribution in [0.4, 0.5) is 5.82 Å². The molecule has 8 heteroatoms. The smallest absolute Gasteiger partial charge is 0.332 e.